The molecule has 6 heteroatoms. The zero-order valence-corrected chi connectivity index (χ0v) is 9.20. The average molecular weight is 241 g/mol. The largest absolute Gasteiger partial charge is 0.494 e. The number of benzene rings is 1. The highest BCUT2D eigenvalue weighted by Crippen LogP contribution is 2.17. The number of halogens is 1. The van der Waals surface area contributed by atoms with Crippen molar-refractivity contribution in [2.45, 2.75) is 6.42 Å². The van der Waals surface area contributed by atoms with E-state index < -0.39 is 24.2 Å². The van der Waals surface area contributed by atoms with E-state index in [4.69, 9.17) is 9.84 Å². The Labute approximate surface area is 97.2 Å². The number of nitrogens with one attached hydrogen (secondary N) is 1. The van der Waals surface area contributed by atoms with Crippen LogP contribution in [0.15, 0.2) is 18.2 Å². The molecule has 0 aliphatic rings. The van der Waals surface area contributed by atoms with Gasteiger partial charge in [-0.1, -0.05) is 6.07 Å². The van der Waals surface area contributed by atoms with Gasteiger partial charge in [0.15, 0.2) is 11.6 Å². The summed E-state index contributed by atoms with van der Waals surface area (Å²) >= 11 is 0. The Kier molecular flexibility index (Phi) is 4.45. The second-order valence-corrected chi connectivity index (χ2v) is 3.32. The van der Waals surface area contributed by atoms with Gasteiger partial charge >= 0.3 is 5.97 Å². The summed E-state index contributed by atoms with van der Waals surface area (Å²) < 4.78 is 18.0. The molecule has 0 aliphatic carbocycles. The average Bonchev–Trinajstić information content (AvgIpc) is 2.26. The highest BCUT2D eigenvalue weighted by atomic mass is 19.1. The molecule has 0 aliphatic heterocycles. The van der Waals surface area contributed by atoms with Crippen LogP contribution in [0.5, 0.6) is 5.75 Å². The molecule has 1 aromatic rings. The monoisotopic (exact) mass is 241 g/mol. The van der Waals surface area contributed by atoms with Crippen LogP contribution in [0.1, 0.15) is 5.56 Å². The number of amides is 1. The second kappa shape index (κ2) is 5.83. The molecular weight excluding hydrogens is 229 g/mol. The van der Waals surface area contributed by atoms with Gasteiger partial charge in [0.25, 0.3) is 0 Å². The van der Waals surface area contributed by atoms with Crippen molar-refractivity contribution in [1.82, 2.24) is 5.32 Å². The van der Waals surface area contributed by atoms with Crippen LogP contribution in [0, 0.1) is 5.82 Å². The zero-order valence-electron chi connectivity index (χ0n) is 9.20. The lowest BCUT2D eigenvalue weighted by Crippen LogP contribution is -2.30. The highest BCUT2D eigenvalue weighted by molar-refractivity contribution is 5.82. The first-order valence-corrected chi connectivity index (χ1v) is 4.84. The number of hydrogen-bond acceptors (Lipinski definition) is 3. The van der Waals surface area contributed by atoms with Gasteiger partial charge in [0.1, 0.15) is 6.54 Å². The highest BCUT2D eigenvalue weighted by Gasteiger charge is 2.08. The molecule has 1 aromatic carbocycles. The van der Waals surface area contributed by atoms with Crippen molar-refractivity contribution in [3.05, 3.63) is 29.6 Å². The summed E-state index contributed by atoms with van der Waals surface area (Å²) in [5.74, 6) is -2.06. The van der Waals surface area contributed by atoms with Gasteiger partial charge in [0, 0.05) is 0 Å². The summed E-state index contributed by atoms with van der Waals surface area (Å²) in [6, 6.07) is 4.14. The number of methoxy groups -OCH3 is 1. The van der Waals surface area contributed by atoms with Crippen molar-refractivity contribution >= 4 is 11.9 Å². The van der Waals surface area contributed by atoms with Crippen molar-refractivity contribution in [2.75, 3.05) is 13.7 Å². The molecule has 0 saturated heterocycles. The van der Waals surface area contributed by atoms with Crippen molar-refractivity contribution < 1.29 is 23.8 Å². The standard InChI is InChI=1S/C11H12FNO4/c1-17-9-3-2-7(4-8(9)12)5-10(14)13-6-11(15)16/h2-4H,5-6H2,1H3,(H,13,14)(H,15,16). The molecule has 0 fully saturated rings. The van der Waals surface area contributed by atoms with Gasteiger partial charge in [0.05, 0.1) is 13.5 Å². The van der Waals surface area contributed by atoms with Crippen LogP contribution in [-0.2, 0) is 16.0 Å². The van der Waals surface area contributed by atoms with Crippen molar-refractivity contribution in [2.24, 2.45) is 0 Å². The fraction of sp³-hybridized carbons (Fsp3) is 0.273. The second-order valence-electron chi connectivity index (χ2n) is 3.32. The minimum Gasteiger partial charge on any atom is -0.494 e. The first kappa shape index (κ1) is 13.0. The lowest BCUT2D eigenvalue weighted by atomic mass is 10.1. The van der Waals surface area contributed by atoms with Crippen LogP contribution in [0.2, 0.25) is 0 Å². The molecule has 0 atom stereocenters. The maximum atomic E-state index is 13.3. The third-order valence-electron chi connectivity index (χ3n) is 2.02. The van der Waals surface area contributed by atoms with E-state index >= 15 is 0 Å². The lowest BCUT2D eigenvalue weighted by Gasteiger charge is -2.05. The molecule has 2 N–H and O–H groups in total. The maximum Gasteiger partial charge on any atom is 0.322 e. The normalized spacial score (nSPS) is 9.76. The summed E-state index contributed by atoms with van der Waals surface area (Å²) in [5, 5.41) is 10.5. The molecule has 0 spiro atoms. The molecule has 0 aromatic heterocycles. The molecule has 1 rings (SSSR count). The Balaban J connectivity index is 2.60. The van der Waals surface area contributed by atoms with Gasteiger partial charge in [0.2, 0.25) is 5.91 Å². The fourth-order valence-corrected chi connectivity index (χ4v) is 1.24. The van der Waals surface area contributed by atoms with Crippen molar-refractivity contribution in [3.63, 3.8) is 0 Å². The van der Waals surface area contributed by atoms with Gasteiger partial charge in [-0.25, -0.2) is 4.39 Å². The van der Waals surface area contributed by atoms with E-state index in [9.17, 15) is 14.0 Å². The minimum atomic E-state index is -1.13. The van der Waals surface area contributed by atoms with E-state index in [0.717, 1.165) is 0 Å². The van der Waals surface area contributed by atoms with E-state index in [1.807, 2.05) is 0 Å². The summed E-state index contributed by atoms with van der Waals surface area (Å²) in [4.78, 5) is 21.5. The number of carboxylic acids is 1. The number of carboxylic acid groups (broad SMARTS) is 1. The third-order valence-corrected chi connectivity index (χ3v) is 2.02. The first-order valence-electron chi connectivity index (χ1n) is 4.84. The van der Waals surface area contributed by atoms with Crippen molar-refractivity contribution in [3.8, 4) is 5.75 Å². The van der Waals surface area contributed by atoms with Gasteiger partial charge in [-0.15, -0.1) is 0 Å². The summed E-state index contributed by atoms with van der Waals surface area (Å²) in [6.07, 6.45) is -0.0752. The molecule has 17 heavy (non-hydrogen) atoms. The van der Waals surface area contributed by atoms with Crippen LogP contribution in [-0.4, -0.2) is 30.6 Å². The molecule has 5 nitrogen and oxygen atoms in total. The molecule has 92 valence electrons. The van der Waals surface area contributed by atoms with Gasteiger partial charge < -0.3 is 15.2 Å². The van der Waals surface area contributed by atoms with Crippen molar-refractivity contribution in [1.29, 1.82) is 0 Å². The number of aliphatic carboxylic acids is 1. The summed E-state index contributed by atoms with van der Waals surface area (Å²) in [5.41, 5.74) is 0.450. The maximum absolute atomic E-state index is 13.3. The lowest BCUT2D eigenvalue weighted by molar-refractivity contribution is -0.137. The molecule has 1 amide bonds. The minimum absolute atomic E-state index is 0.0752. The summed E-state index contributed by atoms with van der Waals surface area (Å²) in [7, 11) is 1.34. The zero-order chi connectivity index (χ0) is 12.8. The predicted octanol–water partition coefficient (Wildman–Crippen LogP) is 0.578. The molecule has 0 radical (unpaired) electrons. The third kappa shape index (κ3) is 4.10. The van der Waals surface area contributed by atoms with Crippen LogP contribution in [0.4, 0.5) is 4.39 Å². The van der Waals surface area contributed by atoms with E-state index in [1.54, 1.807) is 6.07 Å². The Hall–Kier alpha value is -2.11. The van der Waals surface area contributed by atoms with Crippen LogP contribution in [0.3, 0.4) is 0 Å². The van der Waals surface area contributed by atoms with Crippen LogP contribution >= 0.6 is 0 Å². The van der Waals surface area contributed by atoms with Crippen LogP contribution < -0.4 is 10.1 Å². The topological polar surface area (TPSA) is 75.6 Å². The molecule has 0 saturated carbocycles. The quantitative estimate of drug-likeness (QED) is 0.790. The molecule has 0 bridgehead atoms. The number of carbonyl (C=O) groups excluding carboxylic acids is 1. The van der Waals surface area contributed by atoms with Gasteiger partial charge in [-0.2, -0.15) is 0 Å². The number of ether oxygens (including phenoxy) is 1. The van der Waals surface area contributed by atoms with Gasteiger partial charge in [-0.05, 0) is 17.7 Å². The van der Waals surface area contributed by atoms with E-state index in [0.29, 0.717) is 5.56 Å². The molecule has 0 heterocycles. The van der Waals surface area contributed by atoms with E-state index in [2.05, 4.69) is 5.32 Å². The van der Waals surface area contributed by atoms with E-state index in [-0.39, 0.29) is 12.2 Å². The Morgan fingerprint density at radius 1 is 1.47 bits per heavy atom. The van der Waals surface area contributed by atoms with E-state index in [1.165, 1.54) is 19.2 Å². The molecule has 0 unspecified atom stereocenters. The number of carbonyl (C=O) groups is 2. The Morgan fingerprint density at radius 2 is 2.18 bits per heavy atom. The smallest absolute Gasteiger partial charge is 0.322 e. The molecular formula is C11H12FNO4. The first-order chi connectivity index (χ1) is 8.02. The Bertz CT molecular complexity index is 433. The Morgan fingerprint density at radius 3 is 2.71 bits per heavy atom. The van der Waals surface area contributed by atoms with Crippen LogP contribution in [0.25, 0.3) is 0 Å². The fourth-order valence-electron chi connectivity index (χ4n) is 1.24. The number of hydrogen-bond donors (Lipinski definition) is 2. The van der Waals surface area contributed by atoms with Gasteiger partial charge in [-0.3, -0.25) is 9.59 Å². The number of rotatable bonds is 5. The SMILES string of the molecule is COc1ccc(CC(=O)NCC(=O)O)cc1F. The predicted molar refractivity (Wildman–Crippen MR) is 57.3 cm³/mol. The summed E-state index contributed by atoms with van der Waals surface area (Å²) in [6.45, 7) is -0.447.